The number of alkyl carbamates (subject to hydrolysis) is 1. The van der Waals surface area contributed by atoms with E-state index in [1.165, 1.54) is 18.2 Å². The molecule has 0 radical (unpaired) electrons. The third kappa shape index (κ3) is 15.3. The van der Waals surface area contributed by atoms with E-state index in [0.29, 0.717) is 63.8 Å². The standard InChI is InChI=1S/C41H57F6N7O6/c1-38(2,3)59-35(57)29(50-37(58)60-39(4,5)6)15-16-33(55)48-20-7-9-26-18-23-53(24-19-26)31-25-32(52-36(51-31)41(45,46)47)54-22-8-10-30(54)34(56)49-21-17-27-11-13-28(14-12-27)40(42,43)44/h11-14,25-26,29-30H,7-10,15-24H2,1-6H3,(H,48,55)(H,49,56)(H,50,58)/t29-,30-/m0/s1. The molecule has 3 N–H and O–H groups in total. The molecule has 0 bridgehead atoms. The minimum absolute atomic E-state index is 0.000460. The highest BCUT2D eigenvalue weighted by molar-refractivity contribution is 5.86. The van der Waals surface area contributed by atoms with Crippen LogP contribution in [0, 0.1) is 5.92 Å². The van der Waals surface area contributed by atoms with Crippen LogP contribution in [0.25, 0.3) is 0 Å². The predicted molar refractivity (Wildman–Crippen MR) is 211 cm³/mol. The van der Waals surface area contributed by atoms with Gasteiger partial charge in [-0.1, -0.05) is 12.1 Å². The molecule has 2 aliphatic rings. The molecule has 334 valence electrons. The van der Waals surface area contributed by atoms with Crippen molar-refractivity contribution in [1.29, 1.82) is 0 Å². The van der Waals surface area contributed by atoms with Crippen LogP contribution in [0.15, 0.2) is 30.3 Å². The molecule has 0 spiro atoms. The fraction of sp³-hybridized carbons (Fsp3) is 0.659. The van der Waals surface area contributed by atoms with Gasteiger partial charge in [-0.3, -0.25) is 9.59 Å². The zero-order valence-electron chi connectivity index (χ0n) is 35.0. The molecule has 4 rings (SSSR count). The molecule has 2 saturated heterocycles. The molecule has 1 aromatic carbocycles. The van der Waals surface area contributed by atoms with Crippen LogP contribution in [0.3, 0.4) is 0 Å². The number of nitrogens with zero attached hydrogens (tertiary/aromatic N) is 4. The summed E-state index contributed by atoms with van der Waals surface area (Å²) >= 11 is 0. The third-order valence-corrected chi connectivity index (χ3v) is 9.89. The van der Waals surface area contributed by atoms with Gasteiger partial charge in [-0.15, -0.1) is 0 Å². The van der Waals surface area contributed by atoms with E-state index in [-0.39, 0.29) is 49.3 Å². The molecule has 2 atom stereocenters. The summed E-state index contributed by atoms with van der Waals surface area (Å²) in [6, 6.07) is 4.23. The van der Waals surface area contributed by atoms with Crippen LogP contribution in [-0.4, -0.2) is 89.9 Å². The molecule has 1 aromatic heterocycles. The Morgan fingerprint density at radius 2 is 1.43 bits per heavy atom. The van der Waals surface area contributed by atoms with Crippen LogP contribution in [0.5, 0.6) is 0 Å². The summed E-state index contributed by atoms with van der Waals surface area (Å²) in [6.07, 6.45) is -6.18. The Morgan fingerprint density at radius 3 is 2.03 bits per heavy atom. The first-order chi connectivity index (χ1) is 27.9. The van der Waals surface area contributed by atoms with Gasteiger partial charge in [0.1, 0.15) is 34.9 Å². The van der Waals surface area contributed by atoms with Crippen molar-refractivity contribution in [2.45, 2.75) is 135 Å². The van der Waals surface area contributed by atoms with Crippen molar-refractivity contribution in [3.05, 3.63) is 47.3 Å². The molecule has 3 heterocycles. The van der Waals surface area contributed by atoms with Gasteiger partial charge in [-0.05, 0) is 117 Å². The quantitative estimate of drug-likeness (QED) is 0.0973. The number of benzene rings is 1. The van der Waals surface area contributed by atoms with Crippen LogP contribution in [0.4, 0.5) is 42.8 Å². The van der Waals surface area contributed by atoms with Crippen molar-refractivity contribution < 1.29 is 55.0 Å². The number of amides is 3. The number of carbonyl (C=O) groups excluding carboxylic acids is 4. The molecule has 60 heavy (non-hydrogen) atoms. The van der Waals surface area contributed by atoms with E-state index in [1.807, 2.05) is 0 Å². The maximum absolute atomic E-state index is 14.1. The average molecular weight is 858 g/mol. The van der Waals surface area contributed by atoms with Crippen LogP contribution < -0.4 is 25.8 Å². The molecule has 13 nitrogen and oxygen atoms in total. The Hall–Kier alpha value is -4.84. The van der Waals surface area contributed by atoms with Gasteiger partial charge in [0.05, 0.1) is 5.56 Å². The third-order valence-electron chi connectivity index (χ3n) is 9.89. The second-order valence-corrected chi connectivity index (χ2v) is 17.2. The van der Waals surface area contributed by atoms with Gasteiger partial charge in [0.2, 0.25) is 17.6 Å². The number of rotatable bonds is 15. The number of halogens is 6. The van der Waals surface area contributed by atoms with Gasteiger partial charge in [0.15, 0.2) is 0 Å². The molecule has 0 saturated carbocycles. The summed E-state index contributed by atoms with van der Waals surface area (Å²) in [5.74, 6) is -2.35. The Bertz CT molecular complexity index is 1770. The molecule has 19 heteroatoms. The van der Waals surface area contributed by atoms with Crippen molar-refractivity contribution in [2.24, 2.45) is 5.92 Å². The smallest absolute Gasteiger partial charge is 0.451 e. The Kier molecular flexibility index (Phi) is 16.1. The highest BCUT2D eigenvalue weighted by atomic mass is 19.4. The summed E-state index contributed by atoms with van der Waals surface area (Å²) < 4.78 is 91.6. The van der Waals surface area contributed by atoms with Gasteiger partial charge in [0.25, 0.3) is 0 Å². The zero-order chi connectivity index (χ0) is 44.5. The van der Waals surface area contributed by atoms with Crippen LogP contribution >= 0.6 is 0 Å². The Morgan fingerprint density at radius 1 is 0.800 bits per heavy atom. The van der Waals surface area contributed by atoms with E-state index in [2.05, 4.69) is 25.9 Å². The lowest BCUT2D eigenvalue weighted by Crippen LogP contribution is -2.46. The van der Waals surface area contributed by atoms with Gasteiger partial charge in [0, 0.05) is 45.2 Å². The molecule has 3 amide bonds. The minimum Gasteiger partial charge on any atom is -0.458 e. The van der Waals surface area contributed by atoms with Crippen LogP contribution in [0.2, 0.25) is 0 Å². The van der Waals surface area contributed by atoms with E-state index in [9.17, 15) is 45.5 Å². The van der Waals surface area contributed by atoms with E-state index in [0.717, 1.165) is 18.6 Å². The van der Waals surface area contributed by atoms with Crippen molar-refractivity contribution in [1.82, 2.24) is 25.9 Å². The van der Waals surface area contributed by atoms with E-state index in [1.54, 1.807) is 51.3 Å². The van der Waals surface area contributed by atoms with Gasteiger partial charge < -0.3 is 35.2 Å². The maximum atomic E-state index is 14.1. The minimum atomic E-state index is -4.84. The van der Waals surface area contributed by atoms with Gasteiger partial charge >= 0.3 is 24.4 Å². The monoisotopic (exact) mass is 857 g/mol. The fourth-order valence-electron chi connectivity index (χ4n) is 6.98. The topological polar surface area (TPSA) is 155 Å². The first kappa shape index (κ1) is 47.8. The summed E-state index contributed by atoms with van der Waals surface area (Å²) in [6.45, 7) is 11.8. The van der Waals surface area contributed by atoms with E-state index >= 15 is 0 Å². The molecule has 0 aliphatic carbocycles. The first-order valence-electron chi connectivity index (χ1n) is 20.3. The number of anilines is 2. The first-order valence-corrected chi connectivity index (χ1v) is 20.3. The van der Waals surface area contributed by atoms with Crippen molar-refractivity contribution in [3.63, 3.8) is 0 Å². The highest BCUT2D eigenvalue weighted by Gasteiger charge is 2.39. The zero-order valence-corrected chi connectivity index (χ0v) is 35.0. The number of aromatic nitrogens is 2. The maximum Gasteiger partial charge on any atom is 0.451 e. The van der Waals surface area contributed by atoms with Gasteiger partial charge in [-0.25, -0.2) is 19.6 Å². The normalized spacial score (nSPS) is 17.2. The SMILES string of the molecule is CC(C)(C)OC(=O)N[C@@H](CCC(=O)NCCCC1CCN(c2cc(N3CCC[C@H]3C(=O)NCCc3ccc(C(F)(F)F)cc3)nc(C(F)(F)F)n2)CC1)C(=O)OC(C)(C)C. The fourth-order valence-corrected chi connectivity index (χ4v) is 6.98. The number of carbonyl (C=O) groups is 4. The van der Waals surface area contributed by atoms with Gasteiger partial charge in [-0.2, -0.15) is 26.3 Å². The predicted octanol–water partition coefficient (Wildman–Crippen LogP) is 6.97. The number of esters is 1. The number of hydrogen-bond donors (Lipinski definition) is 3. The van der Waals surface area contributed by atoms with Crippen molar-refractivity contribution in [2.75, 3.05) is 42.5 Å². The van der Waals surface area contributed by atoms with Crippen LogP contribution in [-0.2, 0) is 42.6 Å². The molecule has 2 fully saturated rings. The molecule has 2 aliphatic heterocycles. The average Bonchev–Trinajstić information content (AvgIpc) is 3.64. The molecular weight excluding hydrogens is 800 g/mol. The number of nitrogens with one attached hydrogen (secondary N) is 3. The Balaban J connectivity index is 1.26. The largest absolute Gasteiger partial charge is 0.458 e. The number of alkyl halides is 6. The van der Waals surface area contributed by atoms with E-state index in [4.69, 9.17) is 9.47 Å². The molecule has 0 unspecified atom stereocenters. The van der Waals surface area contributed by atoms with Crippen molar-refractivity contribution >= 4 is 35.5 Å². The second kappa shape index (κ2) is 20.1. The second-order valence-electron chi connectivity index (χ2n) is 17.2. The lowest BCUT2D eigenvalue weighted by Gasteiger charge is -2.34. The Labute approximate surface area is 346 Å². The lowest BCUT2D eigenvalue weighted by atomic mass is 9.92. The molecule has 2 aromatic rings. The van der Waals surface area contributed by atoms with E-state index < -0.39 is 65.0 Å². The lowest BCUT2D eigenvalue weighted by molar-refractivity contribution is -0.157. The number of piperidine rings is 1. The number of hydrogen-bond acceptors (Lipinski definition) is 10. The van der Waals surface area contributed by atoms with Crippen molar-refractivity contribution in [3.8, 4) is 0 Å². The summed E-state index contributed by atoms with van der Waals surface area (Å²) in [5, 5.41) is 8.11. The summed E-state index contributed by atoms with van der Waals surface area (Å²) in [4.78, 5) is 62.0. The highest BCUT2D eigenvalue weighted by Crippen LogP contribution is 2.34. The summed E-state index contributed by atoms with van der Waals surface area (Å²) in [5.41, 5.74) is -1.79. The molecular formula is C41H57F6N7O6. The number of ether oxygens (including phenoxy) is 2. The van der Waals surface area contributed by atoms with Crippen LogP contribution in [0.1, 0.15) is 110 Å². The summed E-state index contributed by atoms with van der Waals surface area (Å²) in [7, 11) is 0.